The minimum absolute atomic E-state index is 0.166. The number of hydrogen-bond acceptors (Lipinski definition) is 4. The molecule has 2 fully saturated rings. The van der Waals surface area contributed by atoms with Gasteiger partial charge in [0.25, 0.3) is 11.8 Å². The van der Waals surface area contributed by atoms with E-state index in [4.69, 9.17) is 0 Å². The molecule has 2 aliphatic heterocycles. The number of hydroxylamine groups is 6. The summed E-state index contributed by atoms with van der Waals surface area (Å²) in [5, 5.41) is 42.7. The van der Waals surface area contributed by atoms with Crippen LogP contribution in [0.3, 0.4) is 0 Å². The van der Waals surface area contributed by atoms with Crippen molar-refractivity contribution in [1.29, 1.82) is 0 Å². The Balaban J connectivity index is 0.977. The molecule has 2 unspecified atom stereocenters. The first kappa shape index (κ1) is 31.4. The van der Waals surface area contributed by atoms with Gasteiger partial charge >= 0.3 is 0 Å². The van der Waals surface area contributed by atoms with Crippen LogP contribution in [-0.2, 0) is 9.59 Å². The molecular formula is C41H40N4O4. The van der Waals surface area contributed by atoms with Gasteiger partial charge in [-0.25, -0.2) is 0 Å². The molecule has 0 aliphatic carbocycles. The summed E-state index contributed by atoms with van der Waals surface area (Å²) in [5.74, 6) is -0.554. The third kappa shape index (κ3) is 5.70. The van der Waals surface area contributed by atoms with Crippen LogP contribution in [0.2, 0.25) is 0 Å². The van der Waals surface area contributed by atoms with Crippen LogP contribution in [0.4, 0.5) is 11.4 Å². The zero-order valence-corrected chi connectivity index (χ0v) is 27.4. The lowest BCUT2D eigenvalue weighted by Gasteiger charge is -2.46. The lowest BCUT2D eigenvalue weighted by Crippen LogP contribution is -2.55. The van der Waals surface area contributed by atoms with Crippen molar-refractivity contribution in [3.8, 4) is 0 Å². The second-order valence-electron chi connectivity index (χ2n) is 13.8. The van der Waals surface area contributed by atoms with Crippen LogP contribution >= 0.6 is 0 Å². The molecule has 0 saturated carbocycles. The lowest BCUT2D eigenvalue weighted by molar-refractivity contribution is -0.902. The number of hydrogen-bond donors (Lipinski definition) is 2. The fourth-order valence-electron chi connectivity index (χ4n) is 8.43. The molecule has 2 aliphatic rings. The molecule has 4 atom stereocenters. The number of carbonyl (C=O) groups is 2. The molecule has 6 aromatic carbocycles. The van der Waals surface area contributed by atoms with E-state index in [9.17, 15) is 20.0 Å². The largest absolute Gasteiger partial charge is 0.632 e. The van der Waals surface area contributed by atoms with E-state index in [-0.39, 0.29) is 24.9 Å². The highest BCUT2D eigenvalue weighted by atomic mass is 16.6. The highest BCUT2D eigenvalue weighted by Gasteiger charge is 2.43. The van der Waals surface area contributed by atoms with E-state index < -0.39 is 21.4 Å². The van der Waals surface area contributed by atoms with Gasteiger partial charge in [-0.1, -0.05) is 97.1 Å². The molecule has 2 saturated heterocycles. The van der Waals surface area contributed by atoms with Gasteiger partial charge in [-0.15, -0.1) is 0 Å². The molecule has 2 amide bonds. The Morgan fingerprint density at radius 2 is 0.878 bits per heavy atom. The van der Waals surface area contributed by atoms with Gasteiger partial charge in [-0.05, 0) is 33.7 Å². The lowest BCUT2D eigenvalue weighted by atomic mass is 10.0. The highest BCUT2D eigenvalue weighted by molar-refractivity contribution is 6.17. The molecule has 2 heterocycles. The topological polar surface area (TPSA) is 104 Å². The first-order valence-corrected chi connectivity index (χ1v) is 17.4. The van der Waals surface area contributed by atoms with Crippen LogP contribution in [-0.4, -0.2) is 59.4 Å². The van der Waals surface area contributed by atoms with E-state index >= 15 is 0 Å². The molecular weight excluding hydrogens is 612 g/mol. The summed E-state index contributed by atoms with van der Waals surface area (Å²) in [4.78, 5) is 27.7. The predicted octanol–water partition coefficient (Wildman–Crippen LogP) is 8.22. The minimum Gasteiger partial charge on any atom is -0.632 e. The van der Waals surface area contributed by atoms with E-state index in [1.807, 2.05) is 97.1 Å². The van der Waals surface area contributed by atoms with Crippen molar-refractivity contribution in [2.24, 2.45) is 0 Å². The molecule has 8 nitrogen and oxygen atoms in total. The number of anilines is 2. The number of carbonyl (C=O) groups excluding carboxylic acids is 2. The standard InChI is InChI=1S/C41H40N4O4/c46-40(42-38-32-16-5-1-12-28(32)26-29-13-2-6-17-33(29)38)36-20-9-22-44(36,48)24-11-25-45(49)23-10-21-37(45)41(47)43-39-34-18-7-3-14-30(34)27-31-15-4-8-19-35(31)39/h1-8,12-19,26-27,36-37H,9-11,20-25H2,(H,42,46)(H,43,47)/t36-,37-,44?,45?/m0/s1. The zero-order valence-electron chi connectivity index (χ0n) is 27.4. The fraction of sp³-hybridized carbons (Fsp3) is 0.268. The monoisotopic (exact) mass is 652 g/mol. The van der Waals surface area contributed by atoms with Crippen molar-refractivity contribution in [2.45, 2.75) is 44.2 Å². The van der Waals surface area contributed by atoms with Crippen molar-refractivity contribution in [2.75, 3.05) is 36.8 Å². The Labute approximate surface area is 285 Å². The number of nitrogens with zero attached hydrogens (tertiary/aromatic N) is 2. The van der Waals surface area contributed by atoms with E-state index in [0.717, 1.165) is 54.5 Å². The number of rotatable bonds is 8. The number of amides is 2. The second kappa shape index (κ2) is 12.5. The Hall–Kier alpha value is -4.86. The highest BCUT2D eigenvalue weighted by Crippen LogP contribution is 2.37. The fourth-order valence-corrected chi connectivity index (χ4v) is 8.43. The van der Waals surface area contributed by atoms with Crippen LogP contribution in [0.1, 0.15) is 32.1 Å². The Bertz CT molecular complexity index is 1970. The van der Waals surface area contributed by atoms with Crippen molar-refractivity contribution in [1.82, 2.24) is 0 Å². The average Bonchev–Trinajstić information content (AvgIpc) is 3.70. The van der Waals surface area contributed by atoms with Crippen LogP contribution in [0, 0.1) is 10.4 Å². The summed E-state index contributed by atoms with van der Waals surface area (Å²) in [7, 11) is 0. The molecule has 8 heteroatoms. The minimum atomic E-state index is -0.754. The predicted molar refractivity (Wildman–Crippen MR) is 198 cm³/mol. The number of nitrogens with one attached hydrogen (secondary N) is 2. The van der Waals surface area contributed by atoms with Gasteiger partial charge in [0, 0.05) is 53.6 Å². The number of fused-ring (bicyclic) bond motifs is 4. The molecule has 49 heavy (non-hydrogen) atoms. The first-order chi connectivity index (χ1) is 23.8. The zero-order chi connectivity index (χ0) is 33.6. The third-order valence-corrected chi connectivity index (χ3v) is 10.9. The van der Waals surface area contributed by atoms with E-state index in [0.29, 0.717) is 45.2 Å². The summed E-state index contributed by atoms with van der Waals surface area (Å²) in [6.45, 7) is 1.01. The van der Waals surface area contributed by atoms with Gasteiger partial charge in [0.2, 0.25) is 0 Å². The summed E-state index contributed by atoms with van der Waals surface area (Å²) in [5.41, 5.74) is 1.46. The first-order valence-electron chi connectivity index (χ1n) is 17.4. The number of likely N-dealkylation sites (tertiary alicyclic amines) is 2. The van der Waals surface area contributed by atoms with Gasteiger partial charge in [0.05, 0.1) is 37.6 Å². The summed E-state index contributed by atoms with van der Waals surface area (Å²) < 4.78 is -1.29. The Morgan fingerprint density at radius 1 is 0.551 bits per heavy atom. The van der Waals surface area contributed by atoms with E-state index in [1.54, 1.807) is 0 Å². The quantitative estimate of drug-likeness (QED) is 0.0982. The Morgan fingerprint density at radius 3 is 1.22 bits per heavy atom. The Kier molecular flexibility index (Phi) is 8.04. The SMILES string of the molecule is O=C(Nc1c2ccccc2cc2ccccc12)[C@@H]1CCC[N+]1([O-])CCC[N+]1([O-])CCC[C@H]1C(=O)Nc1c2ccccc2cc2ccccc12. The second-order valence-corrected chi connectivity index (χ2v) is 13.8. The molecule has 0 bridgehead atoms. The number of benzene rings is 6. The molecule has 0 radical (unpaired) electrons. The molecule has 2 N–H and O–H groups in total. The van der Waals surface area contributed by atoms with E-state index in [1.165, 1.54) is 0 Å². The maximum absolute atomic E-state index is 14.3. The van der Waals surface area contributed by atoms with Crippen molar-refractivity contribution >= 4 is 66.3 Å². The van der Waals surface area contributed by atoms with Crippen molar-refractivity contribution in [3.63, 3.8) is 0 Å². The average molecular weight is 653 g/mol. The van der Waals surface area contributed by atoms with Gasteiger partial charge in [-0.2, -0.15) is 0 Å². The van der Waals surface area contributed by atoms with E-state index in [2.05, 4.69) is 22.8 Å². The van der Waals surface area contributed by atoms with Gasteiger partial charge < -0.3 is 30.3 Å². The molecule has 6 aromatic rings. The van der Waals surface area contributed by atoms with Gasteiger partial charge in [0.15, 0.2) is 12.1 Å². The van der Waals surface area contributed by atoms with Crippen molar-refractivity contribution in [3.05, 3.63) is 120 Å². The normalized spacial score (nSPS) is 23.8. The molecule has 0 spiro atoms. The summed E-state index contributed by atoms with van der Waals surface area (Å²) >= 11 is 0. The van der Waals surface area contributed by atoms with Crippen LogP contribution in [0.5, 0.6) is 0 Å². The molecule has 248 valence electrons. The van der Waals surface area contributed by atoms with Crippen LogP contribution in [0.25, 0.3) is 43.1 Å². The van der Waals surface area contributed by atoms with Crippen molar-refractivity contribution < 1.29 is 18.9 Å². The molecule has 8 rings (SSSR count). The summed E-state index contributed by atoms with van der Waals surface area (Å²) in [6.07, 6.45) is 2.65. The summed E-state index contributed by atoms with van der Waals surface area (Å²) in [6, 6.07) is 34.5. The maximum Gasteiger partial charge on any atom is 0.283 e. The van der Waals surface area contributed by atoms with Crippen LogP contribution in [0.15, 0.2) is 109 Å². The number of quaternary nitrogens is 2. The van der Waals surface area contributed by atoms with Gasteiger partial charge in [0.1, 0.15) is 0 Å². The maximum atomic E-state index is 14.3. The smallest absolute Gasteiger partial charge is 0.283 e. The van der Waals surface area contributed by atoms with Gasteiger partial charge in [-0.3, -0.25) is 9.59 Å². The van der Waals surface area contributed by atoms with Crippen LogP contribution < -0.4 is 10.6 Å². The third-order valence-electron chi connectivity index (χ3n) is 10.9. The molecule has 0 aromatic heterocycles.